The number of ether oxygens (including phenoxy) is 3. The molecular formula is C25H24F3NO6S. The summed E-state index contributed by atoms with van der Waals surface area (Å²) in [6.07, 6.45) is -4.66. The Labute approximate surface area is 207 Å². The minimum absolute atomic E-state index is 0.00258. The third kappa shape index (κ3) is 6.55. The summed E-state index contributed by atoms with van der Waals surface area (Å²) < 4.78 is 82.8. The fourth-order valence-electron chi connectivity index (χ4n) is 3.32. The Morgan fingerprint density at radius 2 is 1.64 bits per heavy atom. The summed E-state index contributed by atoms with van der Waals surface area (Å²) in [7, 11) is -0.0712. The van der Waals surface area contributed by atoms with Gasteiger partial charge in [-0.05, 0) is 60.2 Å². The Kier molecular flexibility index (Phi) is 8.26. The number of carbonyl (C=O) groups excluding carboxylic acids is 1. The third-order valence-corrected chi connectivity index (χ3v) is 7.07. The van der Waals surface area contributed by atoms with Crippen LogP contribution in [0, 0.1) is 0 Å². The van der Waals surface area contributed by atoms with Crippen molar-refractivity contribution in [1.29, 1.82) is 0 Å². The van der Waals surface area contributed by atoms with Crippen molar-refractivity contribution in [3.63, 3.8) is 0 Å². The van der Waals surface area contributed by atoms with Gasteiger partial charge in [0.2, 0.25) is 10.0 Å². The molecule has 3 aromatic carbocycles. The molecule has 0 N–H and O–H groups in total. The molecule has 3 aromatic rings. The number of esters is 1. The molecule has 0 saturated carbocycles. The molecule has 0 aliphatic rings. The van der Waals surface area contributed by atoms with Crippen molar-refractivity contribution in [3.8, 4) is 17.2 Å². The van der Waals surface area contributed by atoms with Crippen LogP contribution in [0.3, 0.4) is 0 Å². The zero-order valence-electron chi connectivity index (χ0n) is 19.7. The lowest BCUT2D eigenvalue weighted by Gasteiger charge is -2.21. The number of halogens is 3. The van der Waals surface area contributed by atoms with Gasteiger partial charge in [-0.1, -0.05) is 12.1 Å². The summed E-state index contributed by atoms with van der Waals surface area (Å²) in [6.45, 7) is -0.393. The highest BCUT2D eigenvalue weighted by atomic mass is 32.2. The maximum Gasteiger partial charge on any atom is 0.416 e. The van der Waals surface area contributed by atoms with Crippen molar-refractivity contribution in [2.45, 2.75) is 24.0 Å². The van der Waals surface area contributed by atoms with E-state index in [2.05, 4.69) is 4.74 Å². The van der Waals surface area contributed by atoms with E-state index in [0.29, 0.717) is 11.3 Å². The molecule has 192 valence electrons. The SMILES string of the molecule is COC(=O)Cc1cccc(Oc2ccc(C(F)(F)F)cc2CN(C)S(=O)(=O)c2ccc(OC)cc2)c1. The van der Waals surface area contributed by atoms with Crippen molar-refractivity contribution in [3.05, 3.63) is 83.4 Å². The standard InChI is InChI=1S/C25H24F3NO6S/c1-29(36(31,32)22-10-8-20(33-2)9-11-22)16-18-15-19(25(26,27)28)7-12-23(18)35-21-6-4-5-17(13-21)14-24(30)34-3/h4-13,15H,14,16H2,1-3H3. The monoisotopic (exact) mass is 523 g/mol. The van der Waals surface area contributed by atoms with Gasteiger partial charge in [0.1, 0.15) is 17.2 Å². The number of rotatable bonds is 9. The van der Waals surface area contributed by atoms with Gasteiger partial charge in [0.15, 0.2) is 0 Å². The van der Waals surface area contributed by atoms with E-state index in [1.807, 2.05) is 0 Å². The van der Waals surface area contributed by atoms with Crippen molar-refractivity contribution in [1.82, 2.24) is 4.31 Å². The van der Waals surface area contributed by atoms with Crippen molar-refractivity contribution >= 4 is 16.0 Å². The van der Waals surface area contributed by atoms with Crippen LogP contribution in [-0.2, 0) is 38.7 Å². The molecule has 0 atom stereocenters. The molecule has 0 aliphatic carbocycles. The van der Waals surface area contributed by atoms with Crippen molar-refractivity contribution in [2.24, 2.45) is 0 Å². The average molecular weight is 524 g/mol. The van der Waals surface area contributed by atoms with E-state index < -0.39 is 34.3 Å². The van der Waals surface area contributed by atoms with Crippen LogP contribution in [0.15, 0.2) is 71.6 Å². The number of alkyl halides is 3. The third-order valence-electron chi connectivity index (χ3n) is 5.25. The van der Waals surface area contributed by atoms with Crippen LogP contribution in [0.5, 0.6) is 17.2 Å². The normalized spacial score (nSPS) is 11.9. The Balaban J connectivity index is 1.94. The Morgan fingerprint density at radius 1 is 0.944 bits per heavy atom. The van der Waals surface area contributed by atoms with Gasteiger partial charge in [0.25, 0.3) is 0 Å². The highest BCUT2D eigenvalue weighted by molar-refractivity contribution is 7.89. The summed E-state index contributed by atoms with van der Waals surface area (Å²) >= 11 is 0. The Hall–Kier alpha value is -3.57. The highest BCUT2D eigenvalue weighted by Gasteiger charge is 2.32. The number of hydrogen-bond donors (Lipinski definition) is 0. The van der Waals surface area contributed by atoms with Crippen LogP contribution in [0.4, 0.5) is 13.2 Å². The van der Waals surface area contributed by atoms with Gasteiger partial charge < -0.3 is 14.2 Å². The molecule has 0 aliphatic heterocycles. The maximum atomic E-state index is 13.4. The molecule has 7 nitrogen and oxygen atoms in total. The zero-order valence-corrected chi connectivity index (χ0v) is 20.5. The predicted octanol–water partition coefficient (Wildman–Crippen LogP) is 5.04. The summed E-state index contributed by atoms with van der Waals surface area (Å²) in [6, 6.07) is 14.9. The van der Waals surface area contributed by atoms with E-state index in [4.69, 9.17) is 9.47 Å². The highest BCUT2D eigenvalue weighted by Crippen LogP contribution is 2.35. The fourth-order valence-corrected chi connectivity index (χ4v) is 4.47. The van der Waals surface area contributed by atoms with Crippen LogP contribution in [0.25, 0.3) is 0 Å². The second-order valence-electron chi connectivity index (χ2n) is 7.76. The van der Waals surface area contributed by atoms with Gasteiger partial charge in [0, 0.05) is 19.2 Å². The molecule has 11 heteroatoms. The molecule has 0 spiro atoms. The predicted molar refractivity (Wildman–Crippen MR) is 125 cm³/mol. The second kappa shape index (κ2) is 11.0. The first-order chi connectivity index (χ1) is 16.9. The van der Waals surface area contributed by atoms with Crippen molar-refractivity contribution < 1.29 is 40.6 Å². The van der Waals surface area contributed by atoms with E-state index in [-0.39, 0.29) is 28.4 Å². The number of nitrogens with zero attached hydrogens (tertiary/aromatic N) is 1. The smallest absolute Gasteiger partial charge is 0.416 e. The molecule has 0 fully saturated rings. The summed E-state index contributed by atoms with van der Waals surface area (Å²) in [4.78, 5) is 11.5. The summed E-state index contributed by atoms with van der Waals surface area (Å²) in [5, 5.41) is 0. The van der Waals surface area contributed by atoms with Gasteiger partial charge in [-0.3, -0.25) is 4.79 Å². The van der Waals surface area contributed by atoms with Crippen LogP contribution >= 0.6 is 0 Å². The Morgan fingerprint density at radius 3 is 2.25 bits per heavy atom. The van der Waals surface area contributed by atoms with Crippen LogP contribution in [-0.4, -0.2) is 40.0 Å². The first kappa shape index (κ1) is 27.0. The molecule has 0 heterocycles. The fraction of sp³-hybridized carbons (Fsp3) is 0.240. The van der Waals surface area contributed by atoms with Crippen LogP contribution < -0.4 is 9.47 Å². The van der Waals surface area contributed by atoms with E-state index in [1.165, 1.54) is 45.5 Å². The van der Waals surface area contributed by atoms with Gasteiger partial charge >= 0.3 is 12.1 Å². The minimum atomic E-state index is -4.64. The largest absolute Gasteiger partial charge is 0.497 e. The molecule has 0 saturated heterocycles. The lowest BCUT2D eigenvalue weighted by Crippen LogP contribution is -2.27. The van der Waals surface area contributed by atoms with E-state index >= 15 is 0 Å². The van der Waals surface area contributed by atoms with E-state index in [9.17, 15) is 26.4 Å². The van der Waals surface area contributed by atoms with Crippen LogP contribution in [0.2, 0.25) is 0 Å². The number of sulfonamides is 1. The summed E-state index contributed by atoms with van der Waals surface area (Å²) in [5.74, 6) is 0.292. The number of carbonyl (C=O) groups is 1. The van der Waals surface area contributed by atoms with E-state index in [1.54, 1.807) is 24.3 Å². The lowest BCUT2D eigenvalue weighted by molar-refractivity contribution is -0.140. The van der Waals surface area contributed by atoms with Crippen molar-refractivity contribution in [2.75, 3.05) is 21.3 Å². The molecular weight excluding hydrogens is 499 g/mol. The lowest BCUT2D eigenvalue weighted by atomic mass is 10.1. The summed E-state index contributed by atoms with van der Waals surface area (Å²) in [5.41, 5.74) is -0.366. The van der Waals surface area contributed by atoms with Gasteiger partial charge in [0.05, 0.1) is 31.1 Å². The Bertz CT molecular complexity index is 1320. The molecule has 0 radical (unpaired) electrons. The first-order valence-electron chi connectivity index (χ1n) is 10.6. The average Bonchev–Trinajstić information content (AvgIpc) is 2.84. The molecule has 0 unspecified atom stereocenters. The maximum absolute atomic E-state index is 13.4. The molecule has 36 heavy (non-hydrogen) atoms. The van der Waals surface area contributed by atoms with Gasteiger partial charge in [-0.25, -0.2) is 8.42 Å². The second-order valence-corrected chi connectivity index (χ2v) is 9.80. The molecule has 3 rings (SSSR count). The molecule has 0 amide bonds. The first-order valence-corrected chi connectivity index (χ1v) is 12.0. The topological polar surface area (TPSA) is 82.1 Å². The zero-order chi connectivity index (χ0) is 26.5. The van der Waals surface area contributed by atoms with Crippen LogP contribution in [0.1, 0.15) is 16.7 Å². The molecule has 0 bridgehead atoms. The quantitative estimate of drug-likeness (QED) is 0.366. The number of methoxy groups -OCH3 is 2. The van der Waals surface area contributed by atoms with Gasteiger partial charge in [-0.2, -0.15) is 17.5 Å². The van der Waals surface area contributed by atoms with E-state index in [0.717, 1.165) is 22.5 Å². The number of benzene rings is 3. The number of hydrogen-bond acceptors (Lipinski definition) is 6. The molecule has 0 aromatic heterocycles. The minimum Gasteiger partial charge on any atom is -0.497 e. The van der Waals surface area contributed by atoms with Gasteiger partial charge in [-0.15, -0.1) is 0 Å².